The number of aryl methyl sites for hydroxylation is 3. The highest BCUT2D eigenvalue weighted by molar-refractivity contribution is 5.91. The van der Waals surface area contributed by atoms with Crippen molar-refractivity contribution in [1.29, 1.82) is 0 Å². The number of carboxylic acid groups (broad SMARTS) is 1. The second-order valence-electron chi connectivity index (χ2n) is 6.36. The van der Waals surface area contributed by atoms with E-state index in [1.807, 2.05) is 50.1 Å². The van der Waals surface area contributed by atoms with E-state index in [9.17, 15) is 9.90 Å². The molecule has 0 aliphatic rings. The average Bonchev–Trinajstić information content (AvgIpc) is 3.24. The van der Waals surface area contributed by atoms with Gasteiger partial charge in [0.15, 0.2) is 0 Å². The van der Waals surface area contributed by atoms with Crippen LogP contribution in [-0.4, -0.2) is 30.5 Å². The van der Waals surface area contributed by atoms with E-state index in [4.69, 9.17) is 4.42 Å². The van der Waals surface area contributed by atoms with Crippen molar-refractivity contribution in [3.8, 4) is 22.5 Å². The van der Waals surface area contributed by atoms with Gasteiger partial charge in [0.25, 0.3) is 0 Å². The van der Waals surface area contributed by atoms with Crippen LogP contribution < -0.4 is 0 Å². The molecule has 1 N–H and O–H groups in total. The van der Waals surface area contributed by atoms with E-state index in [0.717, 1.165) is 33.6 Å². The molecule has 0 radical (unpaired) electrons. The predicted octanol–water partition coefficient (Wildman–Crippen LogP) is 3.62. The highest BCUT2D eigenvalue weighted by Crippen LogP contribution is 2.33. The molecular formula is C19H18N4O3. The van der Waals surface area contributed by atoms with Crippen LogP contribution in [0.5, 0.6) is 0 Å². The maximum atomic E-state index is 11.3. The van der Waals surface area contributed by atoms with Gasteiger partial charge >= 0.3 is 5.97 Å². The summed E-state index contributed by atoms with van der Waals surface area (Å²) in [6.07, 6.45) is 3.67. The lowest BCUT2D eigenvalue weighted by Gasteiger charge is -2.03. The van der Waals surface area contributed by atoms with Gasteiger partial charge in [-0.05, 0) is 39.0 Å². The van der Waals surface area contributed by atoms with Crippen LogP contribution >= 0.6 is 0 Å². The Bertz CT molecular complexity index is 1160. The van der Waals surface area contributed by atoms with E-state index in [0.29, 0.717) is 11.5 Å². The molecule has 0 spiro atoms. The minimum atomic E-state index is -0.995. The number of nitrogens with zero attached hydrogens (tertiary/aromatic N) is 4. The van der Waals surface area contributed by atoms with Gasteiger partial charge in [0, 0.05) is 35.6 Å². The van der Waals surface area contributed by atoms with Crippen LogP contribution in [0.2, 0.25) is 0 Å². The summed E-state index contributed by atoms with van der Waals surface area (Å²) in [6, 6.07) is 5.37. The summed E-state index contributed by atoms with van der Waals surface area (Å²) >= 11 is 0. The zero-order valence-electron chi connectivity index (χ0n) is 14.9. The van der Waals surface area contributed by atoms with E-state index < -0.39 is 5.97 Å². The smallest absolute Gasteiger partial charge is 0.339 e. The molecule has 0 fully saturated rings. The highest BCUT2D eigenvalue weighted by Gasteiger charge is 2.18. The molecule has 0 bridgehead atoms. The number of fused-ring (bicyclic) bond motifs is 1. The van der Waals surface area contributed by atoms with Gasteiger partial charge in [0.05, 0.1) is 17.4 Å². The second kappa shape index (κ2) is 5.59. The number of aromatic nitrogens is 4. The molecule has 26 heavy (non-hydrogen) atoms. The predicted molar refractivity (Wildman–Crippen MR) is 96.3 cm³/mol. The first kappa shape index (κ1) is 16.1. The highest BCUT2D eigenvalue weighted by atomic mass is 16.4. The number of carbonyl (C=O) groups is 1. The number of hydrogen-bond acceptors (Lipinski definition) is 4. The van der Waals surface area contributed by atoms with Crippen LogP contribution in [0.4, 0.5) is 0 Å². The van der Waals surface area contributed by atoms with E-state index in [1.54, 1.807) is 17.5 Å². The number of hydrogen-bond donors (Lipinski definition) is 1. The van der Waals surface area contributed by atoms with Crippen molar-refractivity contribution >= 4 is 11.5 Å². The third kappa shape index (κ3) is 2.32. The zero-order valence-corrected chi connectivity index (χ0v) is 14.9. The molecule has 0 aromatic carbocycles. The first-order valence-corrected chi connectivity index (χ1v) is 8.19. The van der Waals surface area contributed by atoms with Crippen LogP contribution in [0, 0.1) is 20.8 Å². The molecule has 0 saturated heterocycles. The molecule has 7 heteroatoms. The topological polar surface area (TPSA) is 85.6 Å². The second-order valence-corrected chi connectivity index (χ2v) is 6.36. The Hall–Kier alpha value is -3.35. The minimum absolute atomic E-state index is 0.174. The quantitative estimate of drug-likeness (QED) is 0.610. The number of aromatic carboxylic acids is 1. The molecule has 4 aromatic rings. The lowest BCUT2D eigenvalue weighted by molar-refractivity contribution is 0.0695. The Morgan fingerprint density at radius 1 is 1.23 bits per heavy atom. The Labute approximate surface area is 149 Å². The van der Waals surface area contributed by atoms with E-state index >= 15 is 0 Å². The number of pyridine rings is 1. The summed E-state index contributed by atoms with van der Waals surface area (Å²) in [5, 5.41) is 18.1. The van der Waals surface area contributed by atoms with Crippen LogP contribution in [0.1, 0.15) is 27.5 Å². The minimum Gasteiger partial charge on any atom is -0.478 e. The molecule has 0 aliphatic heterocycles. The Morgan fingerprint density at radius 3 is 2.62 bits per heavy atom. The molecule has 7 nitrogen and oxygen atoms in total. The van der Waals surface area contributed by atoms with Crippen LogP contribution in [0.25, 0.3) is 28.0 Å². The molecule has 0 unspecified atom stereocenters. The van der Waals surface area contributed by atoms with E-state index in [-0.39, 0.29) is 5.56 Å². The number of carboxylic acids is 1. The van der Waals surface area contributed by atoms with Gasteiger partial charge in [-0.1, -0.05) is 0 Å². The van der Waals surface area contributed by atoms with Gasteiger partial charge in [-0.15, -0.1) is 0 Å². The van der Waals surface area contributed by atoms with Crippen molar-refractivity contribution in [2.75, 3.05) is 0 Å². The summed E-state index contributed by atoms with van der Waals surface area (Å²) in [5.41, 5.74) is 5.92. The third-order valence-electron chi connectivity index (χ3n) is 4.73. The Morgan fingerprint density at radius 2 is 2.00 bits per heavy atom. The maximum absolute atomic E-state index is 11.3. The van der Waals surface area contributed by atoms with Gasteiger partial charge in [-0.3, -0.25) is 4.68 Å². The van der Waals surface area contributed by atoms with Crippen molar-refractivity contribution in [3.63, 3.8) is 0 Å². The number of rotatable bonds is 3. The Kier molecular flexibility index (Phi) is 3.47. The standard InChI is InChI=1S/C19H18N4O3/c1-10-18(11(2)22(4)21-10)15-9-20-23-6-5-13(7-16(15)23)17-8-14(19(24)25)12(3)26-17/h5-9H,1-4H3,(H,24,25). The lowest BCUT2D eigenvalue weighted by atomic mass is 10.0. The van der Waals surface area contributed by atoms with Gasteiger partial charge in [-0.25, -0.2) is 9.31 Å². The fourth-order valence-electron chi connectivity index (χ4n) is 3.33. The van der Waals surface area contributed by atoms with Crippen LogP contribution in [0.3, 0.4) is 0 Å². The zero-order chi connectivity index (χ0) is 18.6. The molecule has 4 aromatic heterocycles. The van der Waals surface area contributed by atoms with Gasteiger partial charge < -0.3 is 9.52 Å². The SMILES string of the molecule is Cc1nn(C)c(C)c1-c1cnn2ccc(-c3cc(C(=O)O)c(C)o3)cc12. The molecule has 0 atom stereocenters. The molecule has 4 rings (SSSR count). The van der Waals surface area contributed by atoms with Crippen molar-refractivity contribution in [2.24, 2.45) is 7.05 Å². The van der Waals surface area contributed by atoms with Gasteiger partial charge in [-0.2, -0.15) is 10.2 Å². The third-order valence-corrected chi connectivity index (χ3v) is 4.73. The van der Waals surface area contributed by atoms with Gasteiger partial charge in [0.1, 0.15) is 17.1 Å². The van der Waals surface area contributed by atoms with Crippen molar-refractivity contribution in [2.45, 2.75) is 20.8 Å². The Balaban J connectivity index is 1.90. The molecule has 0 aliphatic carbocycles. The largest absolute Gasteiger partial charge is 0.478 e. The maximum Gasteiger partial charge on any atom is 0.339 e. The van der Waals surface area contributed by atoms with Crippen molar-refractivity contribution in [1.82, 2.24) is 19.4 Å². The van der Waals surface area contributed by atoms with E-state index in [1.165, 1.54) is 0 Å². The fourth-order valence-corrected chi connectivity index (χ4v) is 3.33. The first-order chi connectivity index (χ1) is 12.4. The van der Waals surface area contributed by atoms with E-state index in [2.05, 4.69) is 10.2 Å². The number of furan rings is 1. The summed E-state index contributed by atoms with van der Waals surface area (Å²) < 4.78 is 9.30. The summed E-state index contributed by atoms with van der Waals surface area (Å²) in [4.78, 5) is 11.3. The fraction of sp³-hybridized carbons (Fsp3) is 0.211. The first-order valence-electron chi connectivity index (χ1n) is 8.19. The van der Waals surface area contributed by atoms with Crippen LogP contribution in [0.15, 0.2) is 35.0 Å². The van der Waals surface area contributed by atoms with Crippen LogP contribution in [-0.2, 0) is 7.05 Å². The summed E-state index contributed by atoms with van der Waals surface area (Å²) in [7, 11) is 1.92. The average molecular weight is 350 g/mol. The summed E-state index contributed by atoms with van der Waals surface area (Å²) in [5.74, 6) is -0.0838. The molecule has 4 heterocycles. The lowest BCUT2D eigenvalue weighted by Crippen LogP contribution is -1.94. The molecule has 0 amide bonds. The molecule has 132 valence electrons. The normalized spacial score (nSPS) is 11.4. The van der Waals surface area contributed by atoms with Crippen molar-refractivity contribution in [3.05, 3.63) is 53.3 Å². The summed E-state index contributed by atoms with van der Waals surface area (Å²) in [6.45, 7) is 5.65. The van der Waals surface area contributed by atoms with Crippen molar-refractivity contribution < 1.29 is 14.3 Å². The monoisotopic (exact) mass is 350 g/mol. The molecular weight excluding hydrogens is 332 g/mol. The molecule has 0 saturated carbocycles. The van der Waals surface area contributed by atoms with Gasteiger partial charge in [0.2, 0.25) is 0 Å².